The first-order valence-corrected chi connectivity index (χ1v) is 9.33. The molecule has 0 spiro atoms. The van der Waals surface area contributed by atoms with Crippen molar-refractivity contribution in [3.63, 3.8) is 0 Å². The molecule has 1 aliphatic rings. The fraction of sp³-hybridized carbons (Fsp3) is 0.263. The van der Waals surface area contributed by atoms with Crippen LogP contribution in [-0.4, -0.2) is 37.7 Å². The van der Waals surface area contributed by atoms with Crippen molar-refractivity contribution in [1.82, 2.24) is 0 Å². The van der Waals surface area contributed by atoms with E-state index in [0.29, 0.717) is 34.4 Å². The SMILES string of the molecule is COc1cc(C[C@H]2SC(=O)N(c3ccc(Cl)cc3)C2=O)cc(OC)c1OC. The summed E-state index contributed by atoms with van der Waals surface area (Å²) in [7, 11) is 4.59. The third kappa shape index (κ3) is 3.84. The van der Waals surface area contributed by atoms with Crippen LogP contribution in [0.2, 0.25) is 5.02 Å². The Bertz CT molecular complexity index is 846. The summed E-state index contributed by atoms with van der Waals surface area (Å²) in [6.45, 7) is 0. The Balaban J connectivity index is 1.85. The molecular weight excluding hydrogens is 390 g/mol. The first-order valence-electron chi connectivity index (χ1n) is 8.07. The van der Waals surface area contributed by atoms with Gasteiger partial charge in [-0.3, -0.25) is 9.59 Å². The molecule has 3 rings (SSSR count). The van der Waals surface area contributed by atoms with Crippen molar-refractivity contribution in [2.75, 3.05) is 26.2 Å². The number of halogens is 1. The lowest BCUT2D eigenvalue weighted by Crippen LogP contribution is -2.32. The molecule has 2 aromatic rings. The molecule has 1 aliphatic heterocycles. The third-order valence-corrected chi connectivity index (χ3v) is 5.44. The van der Waals surface area contributed by atoms with Gasteiger partial charge < -0.3 is 14.2 Å². The molecule has 8 heteroatoms. The number of amides is 2. The minimum atomic E-state index is -0.531. The number of thioether (sulfide) groups is 1. The lowest BCUT2D eigenvalue weighted by molar-refractivity contribution is -0.117. The summed E-state index contributed by atoms with van der Waals surface area (Å²) in [5, 5.41) is -0.296. The number of carbonyl (C=O) groups excluding carboxylic acids is 2. The van der Waals surface area contributed by atoms with Gasteiger partial charge in [0.2, 0.25) is 11.7 Å². The Kier molecular flexibility index (Phi) is 5.82. The molecule has 1 atom stereocenters. The van der Waals surface area contributed by atoms with Gasteiger partial charge in [-0.25, -0.2) is 4.90 Å². The first kappa shape index (κ1) is 19.4. The van der Waals surface area contributed by atoms with Crippen LogP contribution in [0.4, 0.5) is 10.5 Å². The van der Waals surface area contributed by atoms with E-state index in [4.69, 9.17) is 25.8 Å². The van der Waals surface area contributed by atoms with Crippen LogP contribution in [0.3, 0.4) is 0 Å². The topological polar surface area (TPSA) is 65.1 Å². The highest BCUT2D eigenvalue weighted by Crippen LogP contribution is 2.40. The Labute approximate surface area is 166 Å². The number of nitrogens with zero attached hydrogens (tertiary/aromatic N) is 1. The van der Waals surface area contributed by atoms with Gasteiger partial charge in [0.15, 0.2) is 11.5 Å². The Morgan fingerprint density at radius 2 is 1.59 bits per heavy atom. The Hall–Kier alpha value is -2.38. The largest absolute Gasteiger partial charge is 0.493 e. The van der Waals surface area contributed by atoms with Crippen molar-refractivity contribution in [3.05, 3.63) is 47.0 Å². The highest BCUT2D eigenvalue weighted by Gasteiger charge is 2.40. The molecule has 6 nitrogen and oxygen atoms in total. The van der Waals surface area contributed by atoms with Gasteiger partial charge in [0.05, 0.1) is 32.3 Å². The van der Waals surface area contributed by atoms with Crippen LogP contribution in [0.5, 0.6) is 17.2 Å². The number of anilines is 1. The minimum absolute atomic E-state index is 0.263. The minimum Gasteiger partial charge on any atom is -0.493 e. The molecule has 0 saturated carbocycles. The van der Waals surface area contributed by atoms with E-state index >= 15 is 0 Å². The van der Waals surface area contributed by atoms with E-state index in [1.165, 1.54) is 26.2 Å². The summed E-state index contributed by atoms with van der Waals surface area (Å²) >= 11 is 6.89. The number of benzene rings is 2. The summed E-state index contributed by atoms with van der Waals surface area (Å²) in [5.41, 5.74) is 1.32. The van der Waals surface area contributed by atoms with Gasteiger partial charge in [0.25, 0.3) is 5.24 Å². The number of hydrogen-bond acceptors (Lipinski definition) is 6. The van der Waals surface area contributed by atoms with Crippen LogP contribution in [0.15, 0.2) is 36.4 Å². The lowest BCUT2D eigenvalue weighted by atomic mass is 10.1. The molecule has 0 aliphatic carbocycles. The molecule has 142 valence electrons. The van der Waals surface area contributed by atoms with Gasteiger partial charge in [-0.05, 0) is 48.4 Å². The molecule has 0 bridgehead atoms. The van der Waals surface area contributed by atoms with Crippen molar-refractivity contribution in [2.45, 2.75) is 11.7 Å². The zero-order chi connectivity index (χ0) is 19.6. The first-order chi connectivity index (χ1) is 13.0. The number of hydrogen-bond donors (Lipinski definition) is 0. The molecule has 0 aromatic heterocycles. The van der Waals surface area contributed by atoms with Gasteiger partial charge >= 0.3 is 0 Å². The second kappa shape index (κ2) is 8.10. The maximum atomic E-state index is 12.8. The lowest BCUT2D eigenvalue weighted by Gasteiger charge is -2.16. The maximum absolute atomic E-state index is 12.8. The molecule has 1 heterocycles. The van der Waals surface area contributed by atoms with E-state index in [1.54, 1.807) is 36.4 Å². The number of ether oxygens (including phenoxy) is 3. The van der Waals surface area contributed by atoms with Gasteiger partial charge in [-0.2, -0.15) is 0 Å². The highest BCUT2D eigenvalue weighted by molar-refractivity contribution is 8.15. The van der Waals surface area contributed by atoms with Crippen LogP contribution >= 0.6 is 23.4 Å². The van der Waals surface area contributed by atoms with E-state index in [0.717, 1.165) is 17.3 Å². The summed E-state index contributed by atoms with van der Waals surface area (Å²) < 4.78 is 16.0. The van der Waals surface area contributed by atoms with Gasteiger partial charge in [0.1, 0.15) is 0 Å². The van der Waals surface area contributed by atoms with E-state index in [-0.39, 0.29) is 11.1 Å². The van der Waals surface area contributed by atoms with Crippen molar-refractivity contribution in [2.24, 2.45) is 0 Å². The molecule has 27 heavy (non-hydrogen) atoms. The molecular formula is C19H18ClNO5S. The Morgan fingerprint density at radius 3 is 2.11 bits per heavy atom. The smallest absolute Gasteiger partial charge is 0.293 e. The Morgan fingerprint density at radius 1 is 1.00 bits per heavy atom. The monoisotopic (exact) mass is 407 g/mol. The van der Waals surface area contributed by atoms with Gasteiger partial charge in [-0.15, -0.1) is 0 Å². The predicted molar refractivity (Wildman–Crippen MR) is 106 cm³/mol. The van der Waals surface area contributed by atoms with Crippen LogP contribution in [0, 0.1) is 0 Å². The van der Waals surface area contributed by atoms with Crippen molar-refractivity contribution >= 4 is 40.2 Å². The zero-order valence-corrected chi connectivity index (χ0v) is 16.6. The van der Waals surface area contributed by atoms with Crippen molar-refractivity contribution in [1.29, 1.82) is 0 Å². The zero-order valence-electron chi connectivity index (χ0n) is 15.0. The van der Waals surface area contributed by atoms with E-state index < -0.39 is 5.25 Å². The van der Waals surface area contributed by atoms with E-state index in [2.05, 4.69) is 0 Å². The maximum Gasteiger partial charge on any atom is 0.293 e. The van der Waals surface area contributed by atoms with E-state index in [1.807, 2.05) is 0 Å². The standard InChI is InChI=1S/C19H18ClNO5S/c1-24-14-8-11(9-15(25-2)17(14)26-3)10-16-18(22)21(19(23)27-16)13-6-4-12(20)5-7-13/h4-9,16H,10H2,1-3H3/t16-/m1/s1. The van der Waals surface area contributed by atoms with Gasteiger partial charge in [0, 0.05) is 5.02 Å². The number of methoxy groups -OCH3 is 3. The molecule has 1 saturated heterocycles. The van der Waals surface area contributed by atoms with Crippen molar-refractivity contribution in [3.8, 4) is 17.2 Å². The second-order valence-electron chi connectivity index (χ2n) is 5.76. The van der Waals surface area contributed by atoms with Crippen LogP contribution in [0.1, 0.15) is 5.56 Å². The van der Waals surface area contributed by atoms with Crippen molar-refractivity contribution < 1.29 is 23.8 Å². The van der Waals surface area contributed by atoms with Crippen LogP contribution in [0.25, 0.3) is 0 Å². The molecule has 0 radical (unpaired) electrons. The number of imide groups is 1. The second-order valence-corrected chi connectivity index (χ2v) is 7.35. The summed E-state index contributed by atoms with van der Waals surface area (Å²) in [5.74, 6) is 1.22. The molecule has 1 fully saturated rings. The summed E-state index contributed by atoms with van der Waals surface area (Å²) in [6.07, 6.45) is 0.357. The quantitative estimate of drug-likeness (QED) is 0.715. The fourth-order valence-electron chi connectivity index (χ4n) is 2.88. The molecule has 2 aromatic carbocycles. The van der Waals surface area contributed by atoms with Gasteiger partial charge in [-0.1, -0.05) is 23.4 Å². The average Bonchev–Trinajstić information content (AvgIpc) is 2.95. The fourth-order valence-corrected chi connectivity index (χ4v) is 4.03. The normalized spacial score (nSPS) is 16.6. The number of carbonyl (C=O) groups is 2. The van der Waals surface area contributed by atoms with Crippen LogP contribution < -0.4 is 19.1 Å². The summed E-state index contributed by atoms with van der Waals surface area (Å²) in [4.78, 5) is 26.4. The van der Waals surface area contributed by atoms with E-state index in [9.17, 15) is 9.59 Å². The predicted octanol–water partition coefficient (Wildman–Crippen LogP) is 4.18. The number of rotatable bonds is 6. The molecule has 0 unspecified atom stereocenters. The van der Waals surface area contributed by atoms with Crippen LogP contribution in [-0.2, 0) is 11.2 Å². The average molecular weight is 408 g/mol. The third-order valence-electron chi connectivity index (χ3n) is 4.15. The summed E-state index contributed by atoms with van der Waals surface area (Å²) in [6, 6.07) is 10.2. The molecule has 2 amide bonds. The highest BCUT2D eigenvalue weighted by atomic mass is 35.5. The molecule has 0 N–H and O–H groups in total.